The van der Waals surface area contributed by atoms with Crippen molar-refractivity contribution >= 4 is 21.6 Å². The molecule has 1 fully saturated rings. The number of hydrogen-bond donors (Lipinski definition) is 1. The molecule has 0 unspecified atom stereocenters. The Hall–Kier alpha value is -0.620. The molecule has 0 aromatic heterocycles. The first-order valence-electron chi connectivity index (χ1n) is 6.88. The number of nitrogens with zero attached hydrogens (tertiary/aromatic N) is 1. The van der Waals surface area contributed by atoms with Crippen molar-refractivity contribution in [3.63, 3.8) is 0 Å². The summed E-state index contributed by atoms with van der Waals surface area (Å²) in [5.41, 5.74) is 0.917. The van der Waals surface area contributed by atoms with Gasteiger partial charge in [0.05, 0.1) is 5.02 Å². The fraction of sp³-hybridized carbons (Fsp3) is 0.571. The minimum Gasteiger partial charge on any atom is -0.316 e. The highest BCUT2D eigenvalue weighted by molar-refractivity contribution is 7.89. The summed E-state index contributed by atoms with van der Waals surface area (Å²) in [5.74, 6) is 0.590. The number of sulfonamides is 1. The van der Waals surface area contributed by atoms with Crippen LogP contribution in [-0.4, -0.2) is 32.9 Å². The zero-order valence-electron chi connectivity index (χ0n) is 11.9. The van der Waals surface area contributed by atoms with Crippen molar-refractivity contribution in [2.75, 3.05) is 20.1 Å². The van der Waals surface area contributed by atoms with Gasteiger partial charge in [-0.15, -0.1) is 0 Å². The second-order valence-corrected chi connectivity index (χ2v) is 7.70. The molecular weight excluding hydrogens is 296 g/mol. The number of rotatable bonds is 4. The van der Waals surface area contributed by atoms with E-state index < -0.39 is 10.0 Å². The van der Waals surface area contributed by atoms with Gasteiger partial charge in [0.15, 0.2) is 0 Å². The summed E-state index contributed by atoms with van der Waals surface area (Å²) in [6.07, 6.45) is 1.82. The van der Waals surface area contributed by atoms with Gasteiger partial charge in [0.1, 0.15) is 4.90 Å². The molecular formula is C14H21ClN2O2S. The molecule has 2 rings (SSSR count). The van der Waals surface area contributed by atoms with Gasteiger partial charge in [-0.1, -0.05) is 24.6 Å². The normalized spacial score (nSPS) is 18.4. The van der Waals surface area contributed by atoms with Gasteiger partial charge in [-0.2, -0.15) is 4.31 Å². The highest BCUT2D eigenvalue weighted by Gasteiger charge is 2.29. The van der Waals surface area contributed by atoms with E-state index >= 15 is 0 Å². The fourth-order valence-corrected chi connectivity index (χ4v) is 4.42. The van der Waals surface area contributed by atoms with Gasteiger partial charge in [-0.25, -0.2) is 8.42 Å². The number of nitrogens with one attached hydrogen (secondary N) is 1. The highest BCUT2D eigenvalue weighted by Crippen LogP contribution is 2.28. The number of halogens is 1. The van der Waals surface area contributed by atoms with E-state index in [-0.39, 0.29) is 4.90 Å². The Morgan fingerprint density at radius 1 is 1.35 bits per heavy atom. The van der Waals surface area contributed by atoms with Gasteiger partial charge in [-0.3, -0.25) is 0 Å². The van der Waals surface area contributed by atoms with E-state index in [1.54, 1.807) is 16.4 Å². The molecule has 1 aliphatic heterocycles. The Balaban J connectivity index is 2.31. The maximum absolute atomic E-state index is 12.7. The molecule has 1 aromatic rings. The average molecular weight is 317 g/mol. The molecule has 0 radical (unpaired) electrons. The molecule has 1 N–H and O–H groups in total. The van der Waals surface area contributed by atoms with Crippen LogP contribution in [0, 0.1) is 5.92 Å². The Labute approximate surface area is 126 Å². The van der Waals surface area contributed by atoms with Gasteiger partial charge in [-0.05, 0) is 43.5 Å². The third-order valence-electron chi connectivity index (χ3n) is 3.74. The number of benzene rings is 1. The fourth-order valence-electron chi connectivity index (χ4n) is 2.42. The smallest absolute Gasteiger partial charge is 0.244 e. The van der Waals surface area contributed by atoms with Gasteiger partial charge < -0.3 is 5.32 Å². The largest absolute Gasteiger partial charge is 0.316 e. The third kappa shape index (κ3) is 3.34. The lowest BCUT2D eigenvalue weighted by molar-refractivity contribution is 0.288. The zero-order chi connectivity index (χ0) is 14.8. The SMILES string of the molecule is CNCc1ccc(Cl)c(S(=O)(=O)N2CCC(C)CC2)c1. The molecule has 112 valence electrons. The maximum atomic E-state index is 12.7. The van der Waals surface area contributed by atoms with Crippen molar-refractivity contribution in [3.05, 3.63) is 28.8 Å². The van der Waals surface area contributed by atoms with E-state index in [4.69, 9.17) is 11.6 Å². The van der Waals surface area contributed by atoms with Crippen LogP contribution >= 0.6 is 11.6 Å². The molecule has 1 aliphatic rings. The number of piperidine rings is 1. The van der Waals surface area contributed by atoms with Gasteiger partial charge in [0.25, 0.3) is 0 Å². The molecule has 0 aliphatic carbocycles. The van der Waals surface area contributed by atoms with Gasteiger partial charge >= 0.3 is 0 Å². The maximum Gasteiger partial charge on any atom is 0.244 e. The summed E-state index contributed by atoms with van der Waals surface area (Å²) >= 11 is 6.10. The van der Waals surface area contributed by atoms with Crippen LogP contribution in [0.3, 0.4) is 0 Å². The van der Waals surface area contributed by atoms with Crippen molar-refractivity contribution in [2.45, 2.75) is 31.2 Å². The van der Waals surface area contributed by atoms with Crippen LogP contribution in [0.2, 0.25) is 5.02 Å². The summed E-state index contributed by atoms with van der Waals surface area (Å²) in [7, 11) is -1.66. The van der Waals surface area contributed by atoms with E-state index in [9.17, 15) is 8.42 Å². The molecule has 0 atom stereocenters. The molecule has 20 heavy (non-hydrogen) atoms. The Morgan fingerprint density at radius 2 is 2.00 bits per heavy atom. The van der Waals surface area contributed by atoms with E-state index in [1.807, 2.05) is 13.1 Å². The summed E-state index contributed by atoms with van der Waals surface area (Å²) in [4.78, 5) is 0.224. The van der Waals surface area contributed by atoms with Crippen molar-refractivity contribution < 1.29 is 8.42 Å². The van der Waals surface area contributed by atoms with Crippen LogP contribution in [0.4, 0.5) is 0 Å². The monoisotopic (exact) mass is 316 g/mol. The minimum absolute atomic E-state index is 0.224. The van der Waals surface area contributed by atoms with Crippen LogP contribution in [0.1, 0.15) is 25.3 Å². The summed E-state index contributed by atoms with van der Waals surface area (Å²) in [6, 6.07) is 5.18. The van der Waals surface area contributed by atoms with Crippen molar-refractivity contribution in [1.82, 2.24) is 9.62 Å². The van der Waals surface area contributed by atoms with Gasteiger partial charge in [0, 0.05) is 19.6 Å². The van der Waals surface area contributed by atoms with Crippen LogP contribution in [-0.2, 0) is 16.6 Å². The van der Waals surface area contributed by atoms with Crippen molar-refractivity contribution in [2.24, 2.45) is 5.92 Å². The quantitative estimate of drug-likeness (QED) is 0.928. The molecule has 1 heterocycles. The molecule has 0 amide bonds. The first-order valence-corrected chi connectivity index (χ1v) is 8.70. The average Bonchev–Trinajstić information content (AvgIpc) is 2.41. The predicted octanol–water partition coefficient (Wildman–Crippen LogP) is 2.48. The molecule has 0 spiro atoms. The van der Waals surface area contributed by atoms with E-state index in [1.165, 1.54) is 0 Å². The minimum atomic E-state index is -3.48. The Morgan fingerprint density at radius 3 is 2.60 bits per heavy atom. The standard InChI is InChI=1S/C14H21ClN2O2S/c1-11-5-7-17(8-6-11)20(18,19)14-9-12(10-16-2)3-4-13(14)15/h3-4,9,11,16H,5-8,10H2,1-2H3. The topological polar surface area (TPSA) is 49.4 Å². The van der Waals surface area contributed by atoms with E-state index in [2.05, 4.69) is 12.2 Å². The summed E-state index contributed by atoms with van der Waals surface area (Å²) < 4.78 is 26.9. The van der Waals surface area contributed by atoms with Crippen molar-refractivity contribution in [1.29, 1.82) is 0 Å². The number of hydrogen-bond acceptors (Lipinski definition) is 3. The molecule has 6 heteroatoms. The predicted molar refractivity (Wildman–Crippen MR) is 81.4 cm³/mol. The first kappa shape index (κ1) is 15.8. The van der Waals surface area contributed by atoms with Crippen LogP contribution < -0.4 is 5.32 Å². The summed E-state index contributed by atoms with van der Waals surface area (Å²) in [6.45, 7) is 3.94. The lowest BCUT2D eigenvalue weighted by Crippen LogP contribution is -2.38. The Bertz CT molecular complexity index is 567. The van der Waals surface area contributed by atoms with Crippen LogP contribution in [0.5, 0.6) is 0 Å². The highest BCUT2D eigenvalue weighted by atomic mass is 35.5. The van der Waals surface area contributed by atoms with E-state index in [0.29, 0.717) is 30.6 Å². The van der Waals surface area contributed by atoms with Crippen LogP contribution in [0.15, 0.2) is 23.1 Å². The van der Waals surface area contributed by atoms with Gasteiger partial charge in [0.2, 0.25) is 10.0 Å². The molecule has 0 saturated carbocycles. The van der Waals surface area contributed by atoms with Crippen molar-refractivity contribution in [3.8, 4) is 0 Å². The second kappa shape index (κ2) is 6.43. The molecule has 1 saturated heterocycles. The zero-order valence-corrected chi connectivity index (χ0v) is 13.5. The third-order valence-corrected chi connectivity index (χ3v) is 6.12. The molecule has 0 bridgehead atoms. The molecule has 4 nitrogen and oxygen atoms in total. The lowest BCUT2D eigenvalue weighted by atomic mass is 10.0. The summed E-state index contributed by atoms with van der Waals surface area (Å²) in [5, 5.41) is 3.31. The van der Waals surface area contributed by atoms with Crippen LogP contribution in [0.25, 0.3) is 0 Å². The lowest BCUT2D eigenvalue weighted by Gasteiger charge is -2.29. The second-order valence-electron chi connectivity index (χ2n) is 5.38. The first-order chi connectivity index (χ1) is 9.45. The molecule has 1 aromatic carbocycles. The van der Waals surface area contributed by atoms with E-state index in [0.717, 1.165) is 18.4 Å². The Kier molecular flexibility index (Phi) is 5.07.